The van der Waals surface area contributed by atoms with Crippen LogP contribution in [0.2, 0.25) is 0 Å². The lowest BCUT2D eigenvalue weighted by atomic mass is 9.71. The van der Waals surface area contributed by atoms with Gasteiger partial charge in [0, 0.05) is 0 Å². The smallest absolute Gasteiger partial charge is 0.0589 e. The third-order valence-corrected chi connectivity index (χ3v) is 8.07. The molecule has 3 rings (SSSR count). The molecule has 1 unspecified atom stereocenters. The molecular formula is C20H38IN3. The third-order valence-electron chi connectivity index (χ3n) is 7.29. The Morgan fingerprint density at radius 3 is 1.96 bits per heavy atom. The van der Waals surface area contributed by atoms with E-state index in [4.69, 9.17) is 0 Å². The SMILES string of the molecule is CCN1CCC2(CC1)CCN(CCC1CCN(C(C)I)CC1)CC2. The zero-order chi connectivity index (χ0) is 17.0. The Morgan fingerprint density at radius 1 is 0.917 bits per heavy atom. The van der Waals surface area contributed by atoms with Crippen molar-refractivity contribution in [3.63, 3.8) is 0 Å². The normalized spacial score (nSPS) is 29.1. The van der Waals surface area contributed by atoms with Gasteiger partial charge in [-0.2, -0.15) is 0 Å². The molecule has 4 heteroatoms. The van der Waals surface area contributed by atoms with Gasteiger partial charge < -0.3 is 9.80 Å². The lowest BCUT2D eigenvalue weighted by molar-refractivity contribution is 0.0336. The molecule has 24 heavy (non-hydrogen) atoms. The van der Waals surface area contributed by atoms with E-state index < -0.39 is 0 Å². The van der Waals surface area contributed by atoms with Crippen molar-refractivity contribution in [1.82, 2.24) is 14.7 Å². The second-order valence-corrected chi connectivity index (χ2v) is 10.4. The lowest BCUT2D eigenvalue weighted by Crippen LogP contribution is -2.47. The van der Waals surface area contributed by atoms with Crippen LogP contribution in [0, 0.1) is 11.3 Å². The van der Waals surface area contributed by atoms with Crippen LogP contribution in [-0.2, 0) is 0 Å². The summed E-state index contributed by atoms with van der Waals surface area (Å²) in [4.78, 5) is 8.07. The van der Waals surface area contributed by atoms with Gasteiger partial charge in [-0.1, -0.05) is 29.5 Å². The predicted octanol–water partition coefficient (Wildman–Crippen LogP) is 4.07. The van der Waals surface area contributed by atoms with Gasteiger partial charge in [-0.25, -0.2) is 0 Å². The minimum atomic E-state index is 0.709. The molecule has 3 nitrogen and oxygen atoms in total. The summed E-state index contributed by atoms with van der Waals surface area (Å²) >= 11 is 2.56. The molecule has 0 aromatic carbocycles. The van der Waals surface area contributed by atoms with Gasteiger partial charge in [0.25, 0.3) is 0 Å². The molecule has 0 aromatic heterocycles. The standard InChI is InChI=1S/C20H38IN3/c1-3-22-14-7-20(8-15-22)9-16-23(17-10-20)11-4-19-5-12-24(13-6-19)18(2)21/h18-19H,3-17H2,1-2H3. The summed E-state index contributed by atoms with van der Waals surface area (Å²) in [5, 5.41) is 0. The Balaban J connectivity index is 1.33. The van der Waals surface area contributed by atoms with Gasteiger partial charge >= 0.3 is 0 Å². The number of hydrogen-bond acceptors (Lipinski definition) is 3. The summed E-state index contributed by atoms with van der Waals surface area (Å²) in [5.41, 5.74) is 0.712. The van der Waals surface area contributed by atoms with E-state index in [0.29, 0.717) is 9.46 Å². The summed E-state index contributed by atoms with van der Waals surface area (Å²) in [7, 11) is 0. The fourth-order valence-corrected chi connectivity index (χ4v) is 5.61. The molecule has 0 radical (unpaired) electrons. The molecule has 0 bridgehead atoms. The van der Waals surface area contributed by atoms with E-state index in [2.05, 4.69) is 51.1 Å². The highest BCUT2D eigenvalue weighted by Gasteiger charge is 2.37. The van der Waals surface area contributed by atoms with Crippen LogP contribution >= 0.6 is 22.6 Å². The van der Waals surface area contributed by atoms with Crippen LogP contribution in [0.5, 0.6) is 0 Å². The average Bonchev–Trinajstić information content (AvgIpc) is 2.62. The Morgan fingerprint density at radius 2 is 1.46 bits per heavy atom. The molecule has 0 N–H and O–H groups in total. The van der Waals surface area contributed by atoms with Crippen molar-refractivity contribution in [2.75, 3.05) is 52.4 Å². The molecular weight excluding hydrogens is 409 g/mol. The van der Waals surface area contributed by atoms with Crippen LogP contribution in [0.4, 0.5) is 0 Å². The van der Waals surface area contributed by atoms with Crippen molar-refractivity contribution in [2.24, 2.45) is 11.3 Å². The summed E-state index contributed by atoms with van der Waals surface area (Å²) in [6, 6.07) is 0. The quantitative estimate of drug-likeness (QED) is 0.358. The first-order chi connectivity index (χ1) is 11.6. The minimum Gasteiger partial charge on any atom is -0.304 e. The zero-order valence-electron chi connectivity index (χ0n) is 16.0. The topological polar surface area (TPSA) is 9.72 Å². The molecule has 3 aliphatic heterocycles. The number of rotatable bonds is 5. The second kappa shape index (κ2) is 9.01. The second-order valence-electron chi connectivity index (χ2n) is 8.62. The Hall–Kier alpha value is 0.610. The molecule has 1 spiro atoms. The van der Waals surface area contributed by atoms with E-state index in [0.717, 1.165) is 5.92 Å². The first-order valence-electron chi connectivity index (χ1n) is 10.4. The van der Waals surface area contributed by atoms with E-state index in [-0.39, 0.29) is 0 Å². The Labute approximate surface area is 163 Å². The van der Waals surface area contributed by atoms with Crippen LogP contribution in [0.3, 0.4) is 0 Å². The van der Waals surface area contributed by atoms with Crippen molar-refractivity contribution >= 4 is 22.6 Å². The number of piperidine rings is 3. The van der Waals surface area contributed by atoms with Gasteiger partial charge in [0.2, 0.25) is 0 Å². The minimum absolute atomic E-state index is 0.709. The highest BCUT2D eigenvalue weighted by molar-refractivity contribution is 14.1. The Bertz CT molecular complexity index is 361. The number of halogens is 1. The summed E-state index contributed by atoms with van der Waals surface area (Å²) in [6.07, 6.45) is 10.2. The molecule has 0 aliphatic carbocycles. The Kier molecular flexibility index (Phi) is 7.27. The van der Waals surface area contributed by atoms with Gasteiger partial charge in [0.15, 0.2) is 0 Å². The molecule has 0 amide bonds. The highest BCUT2D eigenvalue weighted by atomic mass is 127. The molecule has 3 heterocycles. The molecule has 3 saturated heterocycles. The van der Waals surface area contributed by atoms with Gasteiger partial charge in [0.05, 0.1) is 4.05 Å². The molecule has 140 valence electrons. The maximum atomic E-state index is 2.78. The summed E-state index contributed by atoms with van der Waals surface area (Å²) in [6.45, 7) is 15.3. The van der Waals surface area contributed by atoms with Crippen molar-refractivity contribution in [3.8, 4) is 0 Å². The summed E-state index contributed by atoms with van der Waals surface area (Å²) < 4.78 is 0.709. The van der Waals surface area contributed by atoms with Gasteiger partial charge in [-0.15, -0.1) is 0 Å². The maximum Gasteiger partial charge on any atom is 0.0589 e. The van der Waals surface area contributed by atoms with Crippen molar-refractivity contribution in [2.45, 2.75) is 62.8 Å². The first kappa shape index (κ1) is 19.4. The largest absolute Gasteiger partial charge is 0.304 e. The molecule has 3 aliphatic rings. The monoisotopic (exact) mass is 447 g/mol. The summed E-state index contributed by atoms with van der Waals surface area (Å²) in [5.74, 6) is 0.986. The van der Waals surface area contributed by atoms with E-state index >= 15 is 0 Å². The van der Waals surface area contributed by atoms with Crippen LogP contribution in [0.25, 0.3) is 0 Å². The van der Waals surface area contributed by atoms with Crippen molar-refractivity contribution in [3.05, 3.63) is 0 Å². The number of hydrogen-bond donors (Lipinski definition) is 0. The van der Waals surface area contributed by atoms with E-state index in [1.165, 1.54) is 97.3 Å². The van der Waals surface area contributed by atoms with Crippen LogP contribution in [-0.4, -0.2) is 71.1 Å². The molecule has 1 atom stereocenters. The number of nitrogens with zero attached hydrogens (tertiary/aromatic N) is 3. The maximum absolute atomic E-state index is 2.78. The number of likely N-dealkylation sites (tertiary alicyclic amines) is 3. The van der Waals surface area contributed by atoms with Gasteiger partial charge in [0.1, 0.15) is 0 Å². The number of alkyl halides is 1. The molecule has 3 fully saturated rings. The van der Waals surface area contributed by atoms with E-state index in [9.17, 15) is 0 Å². The van der Waals surface area contributed by atoms with E-state index in [1.807, 2.05) is 0 Å². The van der Waals surface area contributed by atoms with Gasteiger partial charge in [-0.05, 0) is 116 Å². The van der Waals surface area contributed by atoms with Crippen molar-refractivity contribution < 1.29 is 0 Å². The average molecular weight is 447 g/mol. The predicted molar refractivity (Wildman–Crippen MR) is 112 cm³/mol. The van der Waals surface area contributed by atoms with Crippen LogP contribution in [0.15, 0.2) is 0 Å². The van der Waals surface area contributed by atoms with Crippen molar-refractivity contribution in [1.29, 1.82) is 0 Å². The van der Waals surface area contributed by atoms with Crippen LogP contribution < -0.4 is 0 Å². The van der Waals surface area contributed by atoms with E-state index in [1.54, 1.807) is 0 Å². The zero-order valence-corrected chi connectivity index (χ0v) is 18.1. The lowest BCUT2D eigenvalue weighted by Gasteiger charge is -2.47. The molecule has 0 saturated carbocycles. The highest BCUT2D eigenvalue weighted by Crippen LogP contribution is 2.41. The third kappa shape index (κ3) is 5.08. The first-order valence-corrected chi connectivity index (χ1v) is 11.7. The van der Waals surface area contributed by atoms with Crippen LogP contribution in [0.1, 0.15) is 58.8 Å². The van der Waals surface area contributed by atoms with Gasteiger partial charge in [-0.3, -0.25) is 4.90 Å². The fraction of sp³-hybridized carbons (Fsp3) is 1.00. The molecule has 0 aromatic rings. The fourth-order valence-electron chi connectivity index (χ4n) is 5.06.